The van der Waals surface area contributed by atoms with Gasteiger partial charge in [0.1, 0.15) is 0 Å². The summed E-state index contributed by atoms with van der Waals surface area (Å²) in [5.74, 6) is 0. The highest BCUT2D eigenvalue weighted by atomic mass is 32.1. The maximum atomic E-state index is 12.0. The Labute approximate surface area is 111 Å². The molecule has 1 aliphatic heterocycles. The van der Waals surface area contributed by atoms with Crippen molar-refractivity contribution >= 4 is 21.6 Å². The van der Waals surface area contributed by atoms with Crippen molar-refractivity contribution in [3.63, 3.8) is 0 Å². The molecule has 0 aliphatic carbocycles. The molecular weight excluding hydrogens is 244 g/mol. The number of thiazole rings is 1. The van der Waals surface area contributed by atoms with Crippen LogP contribution >= 0.6 is 11.3 Å². The number of rotatable bonds is 3. The van der Waals surface area contributed by atoms with Gasteiger partial charge in [0, 0.05) is 13.1 Å². The van der Waals surface area contributed by atoms with E-state index in [4.69, 9.17) is 0 Å². The molecule has 0 N–H and O–H groups in total. The fourth-order valence-corrected chi connectivity index (χ4v) is 3.57. The lowest BCUT2D eigenvalue weighted by atomic mass is 10.1. The predicted octanol–water partition coefficient (Wildman–Crippen LogP) is 2.55. The van der Waals surface area contributed by atoms with Crippen LogP contribution in [0.2, 0.25) is 0 Å². The standard InChI is InChI=1S/C14H18N2OS/c17-14-16(11-10-15-8-4-1-5-9-15)12-6-2-3-7-13(12)18-14/h2-3,6-7H,1,4-5,8-11H2. The van der Waals surface area contributed by atoms with Crippen LogP contribution in [0.15, 0.2) is 29.1 Å². The summed E-state index contributed by atoms with van der Waals surface area (Å²) in [4.78, 5) is 14.6. The van der Waals surface area contributed by atoms with Gasteiger partial charge in [-0.15, -0.1) is 0 Å². The van der Waals surface area contributed by atoms with Gasteiger partial charge >= 0.3 is 4.87 Å². The minimum absolute atomic E-state index is 0.174. The van der Waals surface area contributed by atoms with Crippen molar-refractivity contribution in [2.75, 3.05) is 19.6 Å². The van der Waals surface area contributed by atoms with E-state index in [1.807, 2.05) is 28.8 Å². The molecule has 1 aliphatic rings. The third-order valence-corrected chi connectivity index (χ3v) is 4.62. The van der Waals surface area contributed by atoms with Crippen LogP contribution in [0.4, 0.5) is 0 Å². The zero-order chi connectivity index (χ0) is 12.4. The third kappa shape index (κ3) is 2.35. The van der Waals surface area contributed by atoms with Crippen molar-refractivity contribution in [2.24, 2.45) is 0 Å². The Morgan fingerprint density at radius 3 is 2.67 bits per heavy atom. The molecule has 0 spiro atoms. The summed E-state index contributed by atoms with van der Waals surface area (Å²) in [5, 5.41) is 0. The molecule has 3 rings (SSSR count). The second-order valence-electron chi connectivity index (χ2n) is 4.89. The Balaban J connectivity index is 1.77. The van der Waals surface area contributed by atoms with Gasteiger partial charge in [0.25, 0.3) is 0 Å². The highest BCUT2D eigenvalue weighted by Gasteiger charge is 2.12. The van der Waals surface area contributed by atoms with E-state index in [1.54, 1.807) is 0 Å². The Kier molecular flexibility index (Phi) is 3.48. The fraction of sp³-hybridized carbons (Fsp3) is 0.500. The summed E-state index contributed by atoms with van der Waals surface area (Å²) in [6.45, 7) is 4.21. The van der Waals surface area contributed by atoms with E-state index in [9.17, 15) is 4.79 Å². The van der Waals surface area contributed by atoms with Gasteiger partial charge in [0.2, 0.25) is 0 Å². The number of aromatic nitrogens is 1. The predicted molar refractivity (Wildman–Crippen MR) is 76.4 cm³/mol. The monoisotopic (exact) mass is 262 g/mol. The molecule has 96 valence electrons. The number of piperidine rings is 1. The molecule has 0 bridgehead atoms. The highest BCUT2D eigenvalue weighted by Crippen LogP contribution is 2.16. The molecule has 3 nitrogen and oxygen atoms in total. The normalized spacial score (nSPS) is 17.3. The lowest BCUT2D eigenvalue weighted by molar-refractivity contribution is 0.221. The Bertz CT molecular complexity index is 581. The SMILES string of the molecule is O=c1sc2ccccc2n1CCN1CCCCC1. The molecule has 0 unspecified atom stereocenters. The molecule has 1 saturated heterocycles. The lowest BCUT2D eigenvalue weighted by Crippen LogP contribution is -2.33. The summed E-state index contributed by atoms with van der Waals surface area (Å²) in [7, 11) is 0. The van der Waals surface area contributed by atoms with E-state index in [1.165, 1.54) is 43.7 Å². The molecule has 2 heterocycles. The number of hydrogen-bond donors (Lipinski definition) is 0. The number of benzene rings is 1. The first kappa shape index (κ1) is 11.9. The molecule has 1 fully saturated rings. The summed E-state index contributed by atoms with van der Waals surface area (Å²) in [6, 6.07) is 8.07. The van der Waals surface area contributed by atoms with Gasteiger partial charge in [-0.3, -0.25) is 9.36 Å². The van der Waals surface area contributed by atoms with Crippen LogP contribution < -0.4 is 4.87 Å². The fourth-order valence-electron chi connectivity index (χ4n) is 2.65. The van der Waals surface area contributed by atoms with Gasteiger partial charge in [-0.1, -0.05) is 29.9 Å². The zero-order valence-corrected chi connectivity index (χ0v) is 11.3. The van der Waals surface area contributed by atoms with E-state index in [0.29, 0.717) is 0 Å². The Morgan fingerprint density at radius 2 is 1.83 bits per heavy atom. The van der Waals surface area contributed by atoms with Crippen molar-refractivity contribution in [2.45, 2.75) is 25.8 Å². The van der Waals surface area contributed by atoms with Crippen molar-refractivity contribution in [3.05, 3.63) is 33.9 Å². The largest absolute Gasteiger partial charge is 0.308 e. The molecular formula is C14H18N2OS. The van der Waals surface area contributed by atoms with E-state index >= 15 is 0 Å². The van der Waals surface area contributed by atoms with Gasteiger partial charge in [0.05, 0.1) is 10.2 Å². The molecule has 0 atom stereocenters. The van der Waals surface area contributed by atoms with Gasteiger partial charge in [-0.05, 0) is 38.1 Å². The molecule has 1 aromatic carbocycles. The van der Waals surface area contributed by atoms with Gasteiger partial charge < -0.3 is 4.90 Å². The van der Waals surface area contributed by atoms with Crippen LogP contribution in [-0.4, -0.2) is 29.1 Å². The maximum Gasteiger partial charge on any atom is 0.308 e. The number of hydrogen-bond acceptors (Lipinski definition) is 3. The van der Waals surface area contributed by atoms with Crippen LogP contribution in [-0.2, 0) is 6.54 Å². The molecule has 4 heteroatoms. The van der Waals surface area contributed by atoms with E-state index in [-0.39, 0.29) is 4.87 Å². The molecule has 0 radical (unpaired) electrons. The quantitative estimate of drug-likeness (QED) is 0.849. The Hall–Kier alpha value is -1.13. The maximum absolute atomic E-state index is 12.0. The Morgan fingerprint density at radius 1 is 1.06 bits per heavy atom. The van der Waals surface area contributed by atoms with Crippen LogP contribution in [0, 0.1) is 0 Å². The minimum Gasteiger partial charge on any atom is -0.302 e. The van der Waals surface area contributed by atoms with Crippen LogP contribution in [0.3, 0.4) is 0 Å². The average molecular weight is 262 g/mol. The van der Waals surface area contributed by atoms with Crippen molar-refractivity contribution in [1.82, 2.24) is 9.47 Å². The van der Waals surface area contributed by atoms with E-state index in [2.05, 4.69) is 4.90 Å². The average Bonchev–Trinajstić information content (AvgIpc) is 2.73. The van der Waals surface area contributed by atoms with Crippen LogP contribution in [0.25, 0.3) is 10.2 Å². The van der Waals surface area contributed by atoms with Crippen molar-refractivity contribution in [1.29, 1.82) is 0 Å². The second-order valence-corrected chi connectivity index (χ2v) is 5.88. The number of likely N-dealkylation sites (tertiary alicyclic amines) is 1. The molecule has 18 heavy (non-hydrogen) atoms. The van der Waals surface area contributed by atoms with Crippen molar-refractivity contribution in [3.8, 4) is 0 Å². The molecule has 0 saturated carbocycles. The molecule has 2 aromatic rings. The first-order valence-electron chi connectivity index (χ1n) is 6.65. The minimum atomic E-state index is 0.174. The first-order valence-corrected chi connectivity index (χ1v) is 7.47. The van der Waals surface area contributed by atoms with Gasteiger partial charge in [0.15, 0.2) is 0 Å². The van der Waals surface area contributed by atoms with E-state index < -0.39 is 0 Å². The zero-order valence-electron chi connectivity index (χ0n) is 10.5. The molecule has 1 aromatic heterocycles. The smallest absolute Gasteiger partial charge is 0.302 e. The van der Waals surface area contributed by atoms with Crippen molar-refractivity contribution < 1.29 is 0 Å². The third-order valence-electron chi connectivity index (χ3n) is 3.66. The first-order chi connectivity index (χ1) is 8.84. The van der Waals surface area contributed by atoms with Crippen LogP contribution in [0.5, 0.6) is 0 Å². The lowest BCUT2D eigenvalue weighted by Gasteiger charge is -2.26. The summed E-state index contributed by atoms with van der Waals surface area (Å²) in [5.41, 5.74) is 1.09. The highest BCUT2D eigenvalue weighted by molar-refractivity contribution is 7.16. The second kappa shape index (κ2) is 5.24. The number of fused-ring (bicyclic) bond motifs is 1. The number of para-hydroxylation sites is 1. The van der Waals surface area contributed by atoms with Crippen LogP contribution in [0.1, 0.15) is 19.3 Å². The van der Waals surface area contributed by atoms with Gasteiger partial charge in [-0.2, -0.15) is 0 Å². The summed E-state index contributed by atoms with van der Waals surface area (Å²) in [6.07, 6.45) is 3.97. The van der Waals surface area contributed by atoms with E-state index in [0.717, 1.165) is 23.3 Å². The van der Waals surface area contributed by atoms with Gasteiger partial charge in [-0.25, -0.2) is 0 Å². The topological polar surface area (TPSA) is 25.2 Å². The molecule has 0 amide bonds. The summed E-state index contributed by atoms with van der Waals surface area (Å²) >= 11 is 1.35. The number of nitrogens with zero attached hydrogens (tertiary/aromatic N) is 2. The summed E-state index contributed by atoms with van der Waals surface area (Å²) < 4.78 is 3.02.